The minimum absolute atomic E-state index is 0.250. The number of rotatable bonds is 9. The fourth-order valence-electron chi connectivity index (χ4n) is 6.55. The van der Waals surface area contributed by atoms with Crippen LogP contribution in [0.5, 0.6) is 0 Å². The predicted octanol–water partition coefficient (Wildman–Crippen LogP) is 8.00. The number of piperazine rings is 1. The minimum atomic E-state index is -4.53. The van der Waals surface area contributed by atoms with Crippen LogP contribution < -0.4 is 10.2 Å². The number of anilines is 1. The Morgan fingerprint density at radius 2 is 1.42 bits per heavy atom. The molecule has 45 heavy (non-hydrogen) atoms. The quantitative estimate of drug-likeness (QED) is 0.153. The van der Waals surface area contributed by atoms with Crippen molar-refractivity contribution in [2.24, 2.45) is 0 Å². The van der Waals surface area contributed by atoms with Crippen LogP contribution in [0.15, 0.2) is 97.1 Å². The van der Waals surface area contributed by atoms with Crippen LogP contribution in [0, 0.1) is 5.82 Å². The number of alkyl halides is 3. The molecule has 234 valence electrons. The van der Waals surface area contributed by atoms with Gasteiger partial charge in [0.05, 0.1) is 0 Å². The van der Waals surface area contributed by atoms with E-state index in [0.717, 1.165) is 84.6 Å². The van der Waals surface area contributed by atoms with Crippen molar-refractivity contribution in [2.45, 2.75) is 31.0 Å². The van der Waals surface area contributed by atoms with E-state index in [1.807, 2.05) is 72.0 Å². The first-order chi connectivity index (χ1) is 21.7. The van der Waals surface area contributed by atoms with E-state index in [1.165, 1.54) is 12.1 Å². The number of carbonyl (C=O) groups is 1. The minimum Gasteiger partial charge on any atom is -0.433 e. The molecule has 0 atom stereocenters. The lowest BCUT2D eigenvalue weighted by molar-refractivity contribution is -0.124. The number of carbonyl (C=O) groups excluding carboxylic acids is 1. The fourth-order valence-corrected chi connectivity index (χ4v) is 6.55. The molecule has 1 aliphatic carbocycles. The summed E-state index contributed by atoms with van der Waals surface area (Å²) in [5, 5.41) is 1.90. The van der Waals surface area contributed by atoms with Crippen molar-refractivity contribution < 1.29 is 27.1 Å². The van der Waals surface area contributed by atoms with Gasteiger partial charge in [-0.1, -0.05) is 72.8 Å². The topological polar surface area (TPSA) is 44.8 Å². The van der Waals surface area contributed by atoms with Crippen LogP contribution in [0.3, 0.4) is 0 Å². The van der Waals surface area contributed by atoms with Crippen molar-refractivity contribution in [1.29, 1.82) is 0 Å². The summed E-state index contributed by atoms with van der Waals surface area (Å²) in [6.45, 7) is 2.98. The Labute approximate surface area is 260 Å². The van der Waals surface area contributed by atoms with Gasteiger partial charge >= 0.3 is 12.3 Å². The summed E-state index contributed by atoms with van der Waals surface area (Å²) in [4.78, 5) is 17.5. The van der Waals surface area contributed by atoms with Gasteiger partial charge in [-0.2, -0.15) is 13.2 Å². The number of fused-ring (bicyclic) bond motifs is 3. The second-order valence-corrected chi connectivity index (χ2v) is 11.6. The summed E-state index contributed by atoms with van der Waals surface area (Å²) in [7, 11) is 0. The van der Waals surface area contributed by atoms with E-state index in [-0.39, 0.29) is 5.82 Å². The molecule has 0 aromatic heterocycles. The standard InChI is InChI=1S/C36H35F4N3O2/c37-28-9-7-8-27(24-28)26-14-16-29(17-15-26)43-22-20-42(21-23-43)19-6-5-18-35(45-34(44)41-25-36(38,39)40)32-12-3-1-10-30(32)31-11-2-4-13-33(31)35/h1-4,7-17,24H,5-6,18-23,25H2,(H,41,44). The number of amides is 1. The van der Waals surface area contributed by atoms with Crippen molar-refractivity contribution in [3.63, 3.8) is 0 Å². The van der Waals surface area contributed by atoms with Gasteiger partial charge in [-0.3, -0.25) is 4.90 Å². The first-order valence-electron chi connectivity index (χ1n) is 15.3. The summed E-state index contributed by atoms with van der Waals surface area (Å²) in [5.74, 6) is -0.250. The first-order valence-corrected chi connectivity index (χ1v) is 15.3. The van der Waals surface area contributed by atoms with Crippen LogP contribution in [0.4, 0.5) is 28.0 Å². The molecule has 0 unspecified atom stereocenters. The second-order valence-electron chi connectivity index (χ2n) is 11.6. The van der Waals surface area contributed by atoms with Crippen LogP contribution in [-0.4, -0.2) is 56.4 Å². The molecule has 2 aliphatic rings. The van der Waals surface area contributed by atoms with E-state index in [1.54, 1.807) is 6.07 Å². The van der Waals surface area contributed by atoms with E-state index in [0.29, 0.717) is 6.42 Å². The van der Waals surface area contributed by atoms with Crippen molar-refractivity contribution in [1.82, 2.24) is 10.2 Å². The predicted molar refractivity (Wildman–Crippen MR) is 168 cm³/mol. The lowest BCUT2D eigenvalue weighted by Crippen LogP contribution is -2.46. The number of nitrogens with zero attached hydrogens (tertiary/aromatic N) is 2. The zero-order valence-electron chi connectivity index (χ0n) is 24.8. The summed E-state index contributed by atoms with van der Waals surface area (Å²) >= 11 is 0. The van der Waals surface area contributed by atoms with E-state index < -0.39 is 24.4 Å². The molecule has 1 saturated heterocycles. The SMILES string of the molecule is O=C(NCC(F)(F)F)OC1(CCCCN2CCN(c3ccc(-c4cccc(F)c4)cc3)CC2)c2ccccc2-c2ccccc21. The molecular formula is C36H35F4N3O2. The van der Waals surface area contributed by atoms with Gasteiger partial charge in [0.15, 0.2) is 5.60 Å². The molecule has 0 bridgehead atoms. The van der Waals surface area contributed by atoms with Gasteiger partial charge in [-0.25, -0.2) is 9.18 Å². The van der Waals surface area contributed by atoms with Crippen LogP contribution in [0.2, 0.25) is 0 Å². The third-order valence-electron chi connectivity index (χ3n) is 8.73. The molecule has 1 aliphatic heterocycles. The highest BCUT2D eigenvalue weighted by atomic mass is 19.4. The largest absolute Gasteiger partial charge is 0.433 e. The second kappa shape index (κ2) is 12.9. The van der Waals surface area contributed by atoms with Gasteiger partial charge in [0.2, 0.25) is 0 Å². The molecule has 9 heteroatoms. The number of ether oxygens (including phenoxy) is 1. The third kappa shape index (κ3) is 6.83. The zero-order valence-corrected chi connectivity index (χ0v) is 24.8. The van der Waals surface area contributed by atoms with Crippen molar-refractivity contribution >= 4 is 11.8 Å². The van der Waals surface area contributed by atoms with Gasteiger partial charge in [0.25, 0.3) is 0 Å². The molecule has 4 aromatic rings. The zero-order chi connectivity index (χ0) is 31.4. The summed E-state index contributed by atoms with van der Waals surface area (Å²) in [6.07, 6.45) is -3.59. The summed E-state index contributed by atoms with van der Waals surface area (Å²) < 4.78 is 58.1. The maximum atomic E-state index is 13.6. The Hall–Kier alpha value is -4.37. The number of halogens is 4. The smallest absolute Gasteiger partial charge is 0.408 e. The molecule has 1 fully saturated rings. The van der Waals surface area contributed by atoms with Crippen LogP contribution in [-0.2, 0) is 10.3 Å². The molecule has 6 rings (SSSR count). The van der Waals surface area contributed by atoms with Gasteiger partial charge in [0.1, 0.15) is 12.4 Å². The van der Waals surface area contributed by atoms with Crippen molar-refractivity contribution in [3.05, 3.63) is 114 Å². The Morgan fingerprint density at radius 1 is 0.778 bits per heavy atom. The molecule has 0 radical (unpaired) electrons. The fraction of sp³-hybridized carbons (Fsp3) is 0.306. The Morgan fingerprint density at radius 3 is 2.04 bits per heavy atom. The number of hydrogen-bond donors (Lipinski definition) is 1. The van der Waals surface area contributed by atoms with E-state index in [2.05, 4.69) is 21.9 Å². The highest BCUT2D eigenvalue weighted by molar-refractivity contribution is 5.82. The van der Waals surface area contributed by atoms with Crippen LogP contribution >= 0.6 is 0 Å². The Kier molecular flexibility index (Phi) is 8.81. The number of hydrogen-bond acceptors (Lipinski definition) is 4. The number of nitrogens with one attached hydrogen (secondary N) is 1. The third-order valence-corrected chi connectivity index (χ3v) is 8.73. The lowest BCUT2D eigenvalue weighted by Gasteiger charge is -2.36. The molecule has 4 aromatic carbocycles. The van der Waals surface area contributed by atoms with Crippen molar-refractivity contribution in [3.8, 4) is 22.3 Å². The average molecular weight is 618 g/mol. The van der Waals surface area contributed by atoms with E-state index >= 15 is 0 Å². The van der Waals surface area contributed by atoms with E-state index in [9.17, 15) is 22.4 Å². The summed E-state index contributed by atoms with van der Waals surface area (Å²) in [5.41, 5.74) is 5.24. The highest BCUT2D eigenvalue weighted by Crippen LogP contribution is 2.52. The molecule has 1 amide bonds. The first kappa shape index (κ1) is 30.6. The molecule has 0 saturated carbocycles. The van der Waals surface area contributed by atoms with Gasteiger partial charge in [-0.15, -0.1) is 0 Å². The Balaban J connectivity index is 1.07. The monoisotopic (exact) mass is 617 g/mol. The average Bonchev–Trinajstić information content (AvgIpc) is 3.32. The lowest BCUT2D eigenvalue weighted by atomic mass is 9.86. The molecule has 1 heterocycles. The number of alkyl carbamates (subject to hydrolysis) is 1. The molecule has 1 N–H and O–H groups in total. The summed E-state index contributed by atoms with van der Waals surface area (Å²) in [6, 6.07) is 30.1. The number of unbranched alkanes of at least 4 members (excludes halogenated alkanes) is 1. The van der Waals surface area contributed by atoms with Gasteiger partial charge in [0, 0.05) is 43.0 Å². The molecule has 5 nitrogen and oxygen atoms in total. The van der Waals surface area contributed by atoms with Gasteiger partial charge in [-0.05, 0) is 72.3 Å². The van der Waals surface area contributed by atoms with Crippen LogP contribution in [0.1, 0.15) is 30.4 Å². The highest BCUT2D eigenvalue weighted by Gasteiger charge is 2.46. The molecular weight excluding hydrogens is 582 g/mol. The van der Waals surface area contributed by atoms with Crippen molar-refractivity contribution in [2.75, 3.05) is 44.2 Å². The van der Waals surface area contributed by atoms with Crippen LogP contribution in [0.25, 0.3) is 22.3 Å². The van der Waals surface area contributed by atoms with Gasteiger partial charge < -0.3 is 15.0 Å². The Bertz CT molecular complexity index is 1590. The number of benzene rings is 4. The van der Waals surface area contributed by atoms with E-state index in [4.69, 9.17) is 4.74 Å². The maximum Gasteiger partial charge on any atom is 0.408 e. The maximum absolute atomic E-state index is 13.6. The normalized spacial score (nSPS) is 15.8. The molecule has 0 spiro atoms.